The summed E-state index contributed by atoms with van der Waals surface area (Å²) in [6.45, 7) is 1.93. The molecule has 1 amide bonds. The molecule has 168 valence electrons. The van der Waals surface area contributed by atoms with E-state index in [-0.39, 0.29) is 17.2 Å². The molecule has 8 nitrogen and oxygen atoms in total. The molecule has 0 saturated carbocycles. The van der Waals surface area contributed by atoms with Gasteiger partial charge in [-0.15, -0.1) is 0 Å². The summed E-state index contributed by atoms with van der Waals surface area (Å²) in [5.74, 6) is 0.595. The molecule has 0 saturated heterocycles. The van der Waals surface area contributed by atoms with Gasteiger partial charge in [-0.1, -0.05) is 53.2 Å². The van der Waals surface area contributed by atoms with Crippen LogP contribution in [0, 0.1) is 6.92 Å². The molecule has 0 atom stereocenters. The van der Waals surface area contributed by atoms with Crippen LogP contribution < -0.4 is 10.0 Å². The minimum atomic E-state index is -3.73. The fraction of sp³-hybridized carbons (Fsp3) is 0.125. The van der Waals surface area contributed by atoms with Crippen molar-refractivity contribution in [2.24, 2.45) is 0 Å². The Kier molecular flexibility index (Phi) is 6.50. The lowest BCUT2D eigenvalue weighted by Gasteiger charge is -2.09. The van der Waals surface area contributed by atoms with Gasteiger partial charge in [0.2, 0.25) is 17.6 Å². The maximum Gasteiger partial charge on any atom is 0.261 e. The van der Waals surface area contributed by atoms with E-state index in [1.165, 1.54) is 12.1 Å². The minimum Gasteiger partial charge on any atom is -0.339 e. The van der Waals surface area contributed by atoms with Crippen LogP contribution in [0.1, 0.15) is 17.9 Å². The van der Waals surface area contributed by atoms with Gasteiger partial charge in [-0.05, 0) is 43.3 Å². The monoisotopic (exact) mass is 462 g/mol. The molecule has 3 aromatic carbocycles. The maximum atomic E-state index is 12.6. The molecular formula is C24H22N4O4S. The molecule has 0 bridgehead atoms. The maximum absolute atomic E-state index is 12.6. The molecule has 4 aromatic rings. The predicted molar refractivity (Wildman–Crippen MR) is 125 cm³/mol. The lowest BCUT2D eigenvalue weighted by atomic mass is 10.2. The van der Waals surface area contributed by atoms with Gasteiger partial charge in [0.15, 0.2) is 0 Å². The number of hydrogen-bond acceptors (Lipinski definition) is 6. The van der Waals surface area contributed by atoms with Gasteiger partial charge in [0.05, 0.1) is 4.90 Å². The number of aromatic nitrogens is 2. The highest BCUT2D eigenvalue weighted by Gasteiger charge is 2.15. The number of carbonyl (C=O) groups excluding carboxylic acids is 1. The van der Waals surface area contributed by atoms with E-state index in [1.54, 1.807) is 24.3 Å². The number of benzene rings is 3. The van der Waals surface area contributed by atoms with Gasteiger partial charge in [0.25, 0.3) is 10.0 Å². The molecule has 0 radical (unpaired) electrons. The Hall–Kier alpha value is -3.98. The number of hydrogen-bond donors (Lipinski definition) is 2. The zero-order valence-corrected chi connectivity index (χ0v) is 18.7. The van der Waals surface area contributed by atoms with Crippen LogP contribution >= 0.6 is 0 Å². The van der Waals surface area contributed by atoms with Gasteiger partial charge < -0.3 is 9.84 Å². The third-order valence-corrected chi connectivity index (χ3v) is 6.22. The van der Waals surface area contributed by atoms with Crippen molar-refractivity contribution < 1.29 is 17.7 Å². The summed E-state index contributed by atoms with van der Waals surface area (Å²) < 4.78 is 32.9. The lowest BCUT2D eigenvalue weighted by molar-refractivity contribution is -0.116. The highest BCUT2D eigenvalue weighted by molar-refractivity contribution is 7.92. The molecule has 9 heteroatoms. The van der Waals surface area contributed by atoms with Crippen LogP contribution in [0.25, 0.3) is 11.4 Å². The normalized spacial score (nSPS) is 11.2. The van der Waals surface area contributed by atoms with E-state index in [1.807, 2.05) is 49.4 Å². The van der Waals surface area contributed by atoms with Crippen molar-refractivity contribution in [1.82, 2.24) is 10.1 Å². The fourth-order valence-electron chi connectivity index (χ4n) is 3.06. The first-order valence-electron chi connectivity index (χ1n) is 10.3. The second-order valence-corrected chi connectivity index (χ2v) is 9.10. The fourth-order valence-corrected chi connectivity index (χ4v) is 4.12. The second-order valence-electron chi connectivity index (χ2n) is 7.42. The zero-order valence-electron chi connectivity index (χ0n) is 17.9. The van der Waals surface area contributed by atoms with Crippen LogP contribution in [0.4, 0.5) is 11.4 Å². The average Bonchev–Trinajstić information content (AvgIpc) is 3.29. The van der Waals surface area contributed by atoms with Gasteiger partial charge in [-0.3, -0.25) is 9.52 Å². The van der Waals surface area contributed by atoms with Crippen LogP contribution in [-0.4, -0.2) is 24.5 Å². The molecule has 0 aliphatic heterocycles. The Labute approximate surface area is 191 Å². The largest absolute Gasteiger partial charge is 0.339 e. The zero-order chi connectivity index (χ0) is 23.3. The summed E-state index contributed by atoms with van der Waals surface area (Å²) in [6.07, 6.45) is 0.435. The Bertz CT molecular complexity index is 1330. The van der Waals surface area contributed by atoms with Crippen molar-refractivity contribution in [1.29, 1.82) is 0 Å². The van der Waals surface area contributed by atoms with E-state index in [9.17, 15) is 13.2 Å². The Morgan fingerprint density at radius 3 is 2.27 bits per heavy atom. The van der Waals surface area contributed by atoms with Gasteiger partial charge in [-0.25, -0.2) is 8.42 Å². The van der Waals surface area contributed by atoms with Crippen molar-refractivity contribution in [3.05, 3.63) is 90.3 Å². The number of nitrogens with zero attached hydrogens (tertiary/aromatic N) is 2. The SMILES string of the molecule is Cc1ccc(NS(=O)(=O)c2ccc(NC(=O)CCc3nc(-c4ccccc4)no3)cc2)cc1. The highest BCUT2D eigenvalue weighted by Crippen LogP contribution is 2.19. The minimum absolute atomic E-state index is 0.0976. The average molecular weight is 463 g/mol. The summed E-state index contributed by atoms with van der Waals surface area (Å²) in [5.41, 5.74) is 2.84. The molecule has 0 aliphatic carbocycles. The van der Waals surface area contributed by atoms with E-state index in [0.717, 1.165) is 11.1 Å². The molecular weight excluding hydrogens is 440 g/mol. The third kappa shape index (κ3) is 5.83. The molecule has 1 heterocycles. The standard InChI is InChI=1S/C24H22N4O4S/c1-17-7-9-20(10-8-17)28-33(30,31)21-13-11-19(12-14-21)25-22(29)15-16-23-26-24(27-32-23)18-5-3-2-4-6-18/h2-14,28H,15-16H2,1H3,(H,25,29). The highest BCUT2D eigenvalue weighted by atomic mass is 32.2. The first-order valence-corrected chi connectivity index (χ1v) is 11.7. The van der Waals surface area contributed by atoms with Gasteiger partial charge in [-0.2, -0.15) is 4.98 Å². The smallest absolute Gasteiger partial charge is 0.261 e. The van der Waals surface area contributed by atoms with Gasteiger partial charge >= 0.3 is 0 Å². The Morgan fingerprint density at radius 1 is 0.909 bits per heavy atom. The first kappa shape index (κ1) is 22.2. The van der Waals surface area contributed by atoms with Crippen molar-refractivity contribution >= 4 is 27.3 Å². The van der Waals surface area contributed by atoms with Crippen LogP contribution in [0.2, 0.25) is 0 Å². The predicted octanol–water partition coefficient (Wildman–Crippen LogP) is 4.42. The van der Waals surface area contributed by atoms with Crippen LogP contribution in [0.5, 0.6) is 0 Å². The molecule has 33 heavy (non-hydrogen) atoms. The van der Waals surface area contributed by atoms with Crippen LogP contribution in [0.3, 0.4) is 0 Å². The van der Waals surface area contributed by atoms with Gasteiger partial charge in [0.1, 0.15) is 0 Å². The summed E-state index contributed by atoms with van der Waals surface area (Å²) >= 11 is 0. The number of amides is 1. The Morgan fingerprint density at radius 2 is 1.58 bits per heavy atom. The lowest BCUT2D eigenvalue weighted by Crippen LogP contribution is -2.14. The van der Waals surface area contributed by atoms with Crippen LogP contribution in [0.15, 0.2) is 88.3 Å². The quantitative estimate of drug-likeness (QED) is 0.401. The third-order valence-electron chi connectivity index (χ3n) is 4.82. The second kappa shape index (κ2) is 9.66. The molecule has 0 fully saturated rings. The Balaban J connectivity index is 1.32. The summed E-state index contributed by atoms with van der Waals surface area (Å²) in [6, 6.07) is 22.4. The van der Waals surface area contributed by atoms with Gasteiger partial charge in [0, 0.05) is 29.8 Å². The summed E-state index contributed by atoms with van der Waals surface area (Å²) in [7, 11) is -3.73. The van der Waals surface area contributed by atoms with Crippen molar-refractivity contribution in [2.45, 2.75) is 24.7 Å². The first-order chi connectivity index (χ1) is 15.9. The summed E-state index contributed by atoms with van der Waals surface area (Å²) in [4.78, 5) is 16.7. The van der Waals surface area contributed by atoms with Crippen molar-refractivity contribution in [2.75, 3.05) is 10.0 Å². The number of anilines is 2. The van der Waals surface area contributed by atoms with E-state index in [2.05, 4.69) is 20.2 Å². The van der Waals surface area contributed by atoms with E-state index < -0.39 is 10.0 Å². The number of rotatable bonds is 8. The number of aryl methyl sites for hydroxylation is 2. The van der Waals surface area contributed by atoms with Crippen molar-refractivity contribution in [3.8, 4) is 11.4 Å². The molecule has 1 aromatic heterocycles. The molecule has 0 spiro atoms. The topological polar surface area (TPSA) is 114 Å². The number of sulfonamides is 1. The molecule has 4 rings (SSSR count). The molecule has 0 unspecified atom stereocenters. The van der Waals surface area contributed by atoms with E-state index in [4.69, 9.17) is 4.52 Å². The number of nitrogens with one attached hydrogen (secondary N) is 2. The molecule has 0 aliphatic rings. The van der Waals surface area contributed by atoms with E-state index in [0.29, 0.717) is 29.5 Å². The van der Waals surface area contributed by atoms with Crippen molar-refractivity contribution in [3.63, 3.8) is 0 Å². The van der Waals surface area contributed by atoms with E-state index >= 15 is 0 Å². The summed E-state index contributed by atoms with van der Waals surface area (Å²) in [5, 5.41) is 6.68. The van der Waals surface area contributed by atoms with Crippen LogP contribution in [-0.2, 0) is 21.2 Å². The number of carbonyl (C=O) groups is 1. The molecule has 2 N–H and O–H groups in total.